The van der Waals surface area contributed by atoms with E-state index in [-0.39, 0.29) is 5.56 Å². The van der Waals surface area contributed by atoms with Crippen LogP contribution in [0.1, 0.15) is 16.1 Å². The molecule has 0 radical (unpaired) electrons. The maximum atomic E-state index is 12.5. The third kappa shape index (κ3) is 3.34. The van der Waals surface area contributed by atoms with Crippen LogP contribution in [-0.4, -0.2) is 27.0 Å². The Labute approximate surface area is 172 Å². The summed E-state index contributed by atoms with van der Waals surface area (Å²) in [5.41, 5.74) is 0.768. The van der Waals surface area contributed by atoms with Gasteiger partial charge in [-0.05, 0) is 23.6 Å². The minimum atomic E-state index is -0.643. The van der Waals surface area contributed by atoms with E-state index in [1.54, 1.807) is 40.1 Å². The zero-order valence-electron chi connectivity index (χ0n) is 15.0. The summed E-state index contributed by atoms with van der Waals surface area (Å²) in [5, 5.41) is 12.0. The number of para-hydroxylation sites is 1. The van der Waals surface area contributed by atoms with Gasteiger partial charge >= 0.3 is 5.63 Å². The highest BCUT2D eigenvalue weighted by Gasteiger charge is 2.15. The minimum Gasteiger partial charge on any atom is -0.422 e. The summed E-state index contributed by atoms with van der Waals surface area (Å²) < 4.78 is 7.03. The Morgan fingerprint density at radius 3 is 2.93 bits per heavy atom. The van der Waals surface area contributed by atoms with E-state index < -0.39 is 11.5 Å². The van der Waals surface area contributed by atoms with Crippen LogP contribution in [0.15, 0.2) is 62.4 Å². The fraction of sp³-hybridized carbons (Fsp3) is 0.100. The van der Waals surface area contributed by atoms with Crippen LogP contribution in [0.4, 0.5) is 0 Å². The molecular formula is C20H14N4O3S2. The molecule has 7 nitrogen and oxygen atoms in total. The van der Waals surface area contributed by atoms with E-state index >= 15 is 0 Å². The van der Waals surface area contributed by atoms with Gasteiger partial charge < -0.3 is 9.73 Å². The molecule has 4 heterocycles. The number of carbonyl (C=O) groups excluding carboxylic acids is 1. The van der Waals surface area contributed by atoms with Crippen molar-refractivity contribution >= 4 is 44.5 Å². The van der Waals surface area contributed by atoms with Gasteiger partial charge in [-0.3, -0.25) is 4.79 Å². The fourth-order valence-corrected chi connectivity index (χ4v) is 4.54. The lowest BCUT2D eigenvalue weighted by molar-refractivity contribution is 0.0950. The van der Waals surface area contributed by atoms with Crippen LogP contribution in [0.3, 0.4) is 0 Å². The van der Waals surface area contributed by atoms with Gasteiger partial charge in [-0.2, -0.15) is 4.98 Å². The molecule has 0 bridgehead atoms. The van der Waals surface area contributed by atoms with Gasteiger partial charge in [0.25, 0.3) is 5.91 Å². The van der Waals surface area contributed by atoms with Crippen molar-refractivity contribution < 1.29 is 9.21 Å². The molecule has 0 aliphatic carbocycles. The Morgan fingerprint density at radius 1 is 1.17 bits per heavy atom. The number of benzene rings is 1. The molecule has 0 atom stereocenters. The molecule has 5 aromatic rings. The van der Waals surface area contributed by atoms with Gasteiger partial charge in [0.15, 0.2) is 5.82 Å². The number of carbonyl (C=O) groups is 1. The van der Waals surface area contributed by atoms with Crippen molar-refractivity contribution in [3.05, 3.63) is 74.9 Å². The quantitative estimate of drug-likeness (QED) is 0.437. The van der Waals surface area contributed by atoms with Gasteiger partial charge in [0.05, 0.1) is 10.6 Å². The number of fused-ring (bicyclic) bond motifs is 2. The van der Waals surface area contributed by atoms with Crippen LogP contribution in [0.25, 0.3) is 26.6 Å². The number of amides is 1. The zero-order chi connectivity index (χ0) is 19.8. The van der Waals surface area contributed by atoms with Crippen LogP contribution in [0.2, 0.25) is 0 Å². The second-order valence-electron chi connectivity index (χ2n) is 6.33. The number of nitrogens with zero attached hydrogens (tertiary/aromatic N) is 3. The topological polar surface area (TPSA) is 89.5 Å². The minimum absolute atomic E-state index is 0.0000898. The summed E-state index contributed by atoms with van der Waals surface area (Å²) in [7, 11) is 0. The van der Waals surface area contributed by atoms with Crippen molar-refractivity contribution in [3.8, 4) is 10.7 Å². The first-order valence-corrected chi connectivity index (χ1v) is 10.6. The fourth-order valence-electron chi connectivity index (χ4n) is 3.03. The zero-order valence-corrected chi connectivity index (χ0v) is 16.6. The smallest absolute Gasteiger partial charge is 0.349 e. The van der Waals surface area contributed by atoms with E-state index in [0.717, 1.165) is 15.5 Å². The molecule has 0 saturated heterocycles. The molecule has 1 aromatic carbocycles. The average molecular weight is 422 g/mol. The van der Waals surface area contributed by atoms with Crippen molar-refractivity contribution in [2.24, 2.45) is 0 Å². The van der Waals surface area contributed by atoms with Crippen LogP contribution < -0.4 is 10.9 Å². The lowest BCUT2D eigenvalue weighted by atomic mass is 10.2. The number of hydrogen-bond donors (Lipinski definition) is 1. The van der Waals surface area contributed by atoms with Crippen molar-refractivity contribution in [2.45, 2.75) is 6.42 Å². The number of thiophene rings is 1. The van der Waals surface area contributed by atoms with Crippen molar-refractivity contribution in [1.82, 2.24) is 19.9 Å². The summed E-state index contributed by atoms with van der Waals surface area (Å²) in [5.74, 6) is 0.250. The molecule has 0 aliphatic heterocycles. The van der Waals surface area contributed by atoms with E-state index in [0.29, 0.717) is 29.8 Å². The average Bonchev–Trinajstić information content (AvgIpc) is 3.45. The molecule has 144 valence electrons. The molecule has 0 unspecified atom stereocenters. The molecule has 0 spiro atoms. The number of nitrogens with one attached hydrogen (secondary N) is 1. The van der Waals surface area contributed by atoms with Crippen LogP contribution in [0, 0.1) is 0 Å². The Kier molecular flexibility index (Phi) is 4.45. The Morgan fingerprint density at radius 2 is 2.07 bits per heavy atom. The number of rotatable bonds is 5. The first kappa shape index (κ1) is 17.8. The van der Waals surface area contributed by atoms with Gasteiger partial charge in [0, 0.05) is 23.7 Å². The lowest BCUT2D eigenvalue weighted by Crippen LogP contribution is -2.30. The summed E-state index contributed by atoms with van der Waals surface area (Å²) in [6, 6.07) is 12.6. The highest BCUT2D eigenvalue weighted by molar-refractivity contribution is 7.15. The summed E-state index contributed by atoms with van der Waals surface area (Å²) in [6.07, 6.45) is 0.567. The van der Waals surface area contributed by atoms with Gasteiger partial charge in [0.1, 0.15) is 11.1 Å². The lowest BCUT2D eigenvalue weighted by Gasteiger charge is -2.05. The highest BCUT2D eigenvalue weighted by atomic mass is 32.1. The van der Waals surface area contributed by atoms with E-state index in [1.807, 2.05) is 29.0 Å². The van der Waals surface area contributed by atoms with Crippen LogP contribution in [0.5, 0.6) is 0 Å². The first-order chi connectivity index (χ1) is 14.2. The third-order valence-corrected chi connectivity index (χ3v) is 6.17. The maximum absolute atomic E-state index is 12.5. The van der Waals surface area contributed by atoms with Crippen molar-refractivity contribution in [2.75, 3.05) is 6.54 Å². The predicted molar refractivity (Wildman–Crippen MR) is 113 cm³/mol. The monoisotopic (exact) mass is 422 g/mol. The number of thiazole rings is 1. The normalized spacial score (nSPS) is 11.3. The SMILES string of the molecule is O=C(NCCc1csc2nc(-c3cccs3)nn12)c1cc2ccccc2oc1=O. The molecule has 1 amide bonds. The molecule has 0 aliphatic rings. The van der Waals surface area contributed by atoms with Crippen molar-refractivity contribution in [3.63, 3.8) is 0 Å². The molecule has 1 N–H and O–H groups in total. The molecule has 9 heteroatoms. The predicted octanol–water partition coefficient (Wildman–Crippen LogP) is 3.60. The molecule has 4 aromatic heterocycles. The summed E-state index contributed by atoms with van der Waals surface area (Å²) in [4.78, 5) is 30.9. The molecular weight excluding hydrogens is 408 g/mol. The van der Waals surface area contributed by atoms with E-state index in [9.17, 15) is 9.59 Å². The van der Waals surface area contributed by atoms with Crippen LogP contribution in [-0.2, 0) is 6.42 Å². The molecule has 29 heavy (non-hydrogen) atoms. The molecule has 0 fully saturated rings. The van der Waals surface area contributed by atoms with Crippen LogP contribution >= 0.6 is 22.7 Å². The van der Waals surface area contributed by atoms with Gasteiger partial charge in [-0.25, -0.2) is 9.31 Å². The Hall–Kier alpha value is -3.30. The maximum Gasteiger partial charge on any atom is 0.349 e. The molecule has 0 saturated carbocycles. The van der Waals surface area contributed by atoms with E-state index in [2.05, 4.69) is 15.4 Å². The second kappa shape index (κ2) is 7.26. The highest BCUT2D eigenvalue weighted by Crippen LogP contribution is 2.24. The Balaban J connectivity index is 1.30. The second-order valence-corrected chi connectivity index (χ2v) is 8.11. The summed E-state index contributed by atoms with van der Waals surface area (Å²) >= 11 is 3.10. The molecule has 5 rings (SSSR count). The third-order valence-electron chi connectivity index (χ3n) is 4.44. The number of hydrogen-bond acceptors (Lipinski definition) is 7. The van der Waals surface area contributed by atoms with Crippen molar-refractivity contribution in [1.29, 1.82) is 0 Å². The standard InChI is InChI=1S/C20H14N4O3S2/c25-18(14-10-12-4-1-2-5-15(12)27-19(14)26)21-8-7-13-11-29-20-22-17(23-24(13)20)16-6-3-9-28-16/h1-6,9-11H,7-8H2,(H,21,25). The van der Waals surface area contributed by atoms with Gasteiger partial charge in [-0.1, -0.05) is 24.3 Å². The van der Waals surface area contributed by atoms with Gasteiger partial charge in [-0.15, -0.1) is 27.8 Å². The first-order valence-electron chi connectivity index (χ1n) is 8.87. The number of aromatic nitrogens is 3. The largest absolute Gasteiger partial charge is 0.422 e. The Bertz CT molecular complexity index is 1380. The van der Waals surface area contributed by atoms with E-state index in [1.165, 1.54) is 11.3 Å². The van der Waals surface area contributed by atoms with E-state index in [4.69, 9.17) is 4.42 Å². The van der Waals surface area contributed by atoms with Gasteiger partial charge in [0.2, 0.25) is 4.96 Å². The summed E-state index contributed by atoms with van der Waals surface area (Å²) in [6.45, 7) is 0.366.